The molecular weight excluding hydrogens is 286 g/mol. The largest absolute Gasteiger partial charge is 0.395 e. The average molecular weight is 311 g/mol. The van der Waals surface area contributed by atoms with Gasteiger partial charge in [-0.25, -0.2) is 8.42 Å². The molecule has 1 aromatic carbocycles. The van der Waals surface area contributed by atoms with E-state index in [4.69, 9.17) is 0 Å². The number of aliphatic hydroxyl groups is 1. The molecule has 1 N–H and O–H groups in total. The van der Waals surface area contributed by atoms with Crippen molar-refractivity contribution in [1.82, 2.24) is 4.31 Å². The van der Waals surface area contributed by atoms with Crippen LogP contribution in [0.1, 0.15) is 32.8 Å². The normalized spacial score (nSPS) is 23.9. The van der Waals surface area contributed by atoms with Crippen LogP contribution in [-0.4, -0.2) is 37.0 Å². The summed E-state index contributed by atoms with van der Waals surface area (Å²) >= 11 is 0. The molecule has 0 aromatic heterocycles. The molecule has 0 bridgehead atoms. The molecule has 1 aromatic rings. The van der Waals surface area contributed by atoms with Gasteiger partial charge in [-0.15, -0.1) is 0 Å². The van der Waals surface area contributed by atoms with E-state index in [0.717, 1.165) is 18.4 Å². The van der Waals surface area contributed by atoms with Crippen molar-refractivity contribution in [3.63, 3.8) is 0 Å². The van der Waals surface area contributed by atoms with Gasteiger partial charge in [-0.2, -0.15) is 4.31 Å². The van der Waals surface area contributed by atoms with Gasteiger partial charge in [0.15, 0.2) is 0 Å². The molecule has 0 aliphatic carbocycles. The lowest BCUT2D eigenvalue weighted by atomic mass is 10.0. The maximum absolute atomic E-state index is 12.7. The zero-order valence-electron chi connectivity index (χ0n) is 13.0. The Morgan fingerprint density at radius 3 is 2.43 bits per heavy atom. The maximum Gasteiger partial charge on any atom is 0.243 e. The molecule has 0 spiro atoms. The Bertz CT molecular complexity index is 566. The smallest absolute Gasteiger partial charge is 0.243 e. The van der Waals surface area contributed by atoms with Crippen molar-refractivity contribution < 1.29 is 13.5 Å². The van der Waals surface area contributed by atoms with Crippen LogP contribution in [0.25, 0.3) is 0 Å². The minimum atomic E-state index is -3.50. The molecule has 1 heterocycles. The van der Waals surface area contributed by atoms with E-state index in [9.17, 15) is 13.5 Å². The van der Waals surface area contributed by atoms with Gasteiger partial charge in [0, 0.05) is 6.54 Å². The summed E-state index contributed by atoms with van der Waals surface area (Å²) in [5, 5.41) is 9.45. The lowest BCUT2D eigenvalue weighted by molar-refractivity contribution is 0.191. The van der Waals surface area contributed by atoms with Gasteiger partial charge >= 0.3 is 0 Å². The van der Waals surface area contributed by atoms with Gasteiger partial charge in [0.1, 0.15) is 0 Å². The third kappa shape index (κ3) is 3.47. The predicted octanol–water partition coefficient (Wildman–Crippen LogP) is 2.28. The highest BCUT2D eigenvalue weighted by atomic mass is 32.2. The summed E-state index contributed by atoms with van der Waals surface area (Å²) < 4.78 is 26.8. The van der Waals surface area contributed by atoms with Crippen LogP contribution in [-0.2, 0) is 16.4 Å². The van der Waals surface area contributed by atoms with Gasteiger partial charge in [0.05, 0.1) is 17.5 Å². The Kier molecular flexibility index (Phi) is 5.07. The van der Waals surface area contributed by atoms with Crippen molar-refractivity contribution >= 4 is 10.0 Å². The van der Waals surface area contributed by atoms with Crippen LogP contribution in [0.4, 0.5) is 0 Å². The van der Waals surface area contributed by atoms with Crippen LogP contribution in [0.3, 0.4) is 0 Å². The number of sulfonamides is 1. The second kappa shape index (κ2) is 6.46. The van der Waals surface area contributed by atoms with E-state index in [0.29, 0.717) is 17.4 Å². The monoisotopic (exact) mass is 311 g/mol. The maximum atomic E-state index is 12.7. The van der Waals surface area contributed by atoms with Crippen LogP contribution in [0, 0.1) is 11.8 Å². The summed E-state index contributed by atoms with van der Waals surface area (Å²) in [6, 6.07) is 6.85. The fourth-order valence-corrected chi connectivity index (χ4v) is 4.67. The van der Waals surface area contributed by atoms with Crippen LogP contribution in [0.5, 0.6) is 0 Å². The molecule has 118 valence electrons. The van der Waals surface area contributed by atoms with Crippen molar-refractivity contribution in [2.75, 3.05) is 13.2 Å². The third-order valence-corrected chi connectivity index (χ3v) is 6.13. The molecule has 5 heteroatoms. The molecule has 1 aliphatic rings. The number of benzene rings is 1. The molecule has 0 radical (unpaired) electrons. The van der Waals surface area contributed by atoms with Crippen molar-refractivity contribution in [3.8, 4) is 0 Å². The van der Waals surface area contributed by atoms with Crippen molar-refractivity contribution in [2.24, 2.45) is 11.8 Å². The summed E-state index contributed by atoms with van der Waals surface area (Å²) in [5.74, 6) is 0.746. The van der Waals surface area contributed by atoms with Gasteiger partial charge in [0.25, 0.3) is 0 Å². The molecule has 1 aliphatic heterocycles. The first kappa shape index (κ1) is 16.5. The highest BCUT2D eigenvalue weighted by molar-refractivity contribution is 7.89. The summed E-state index contributed by atoms with van der Waals surface area (Å²) in [4.78, 5) is 0.322. The number of hydrogen-bond donors (Lipinski definition) is 1. The zero-order valence-corrected chi connectivity index (χ0v) is 13.8. The first-order valence-electron chi connectivity index (χ1n) is 7.58. The van der Waals surface area contributed by atoms with E-state index >= 15 is 0 Å². The van der Waals surface area contributed by atoms with E-state index in [1.807, 2.05) is 19.1 Å². The van der Waals surface area contributed by atoms with E-state index in [2.05, 4.69) is 13.8 Å². The standard InChI is InChI=1S/C16H25NO3S/c1-12(2)10-14-4-6-15(7-5-14)21(19,20)17-9-8-13(3)16(17)11-18/h4-7,12-13,16,18H,8-11H2,1-3H3. The fraction of sp³-hybridized carbons (Fsp3) is 0.625. The third-order valence-electron chi connectivity index (χ3n) is 4.19. The summed E-state index contributed by atoms with van der Waals surface area (Å²) in [6.45, 7) is 6.64. The Morgan fingerprint density at radius 2 is 1.90 bits per heavy atom. The molecule has 1 saturated heterocycles. The van der Waals surface area contributed by atoms with Gasteiger partial charge in [-0.3, -0.25) is 0 Å². The molecule has 0 amide bonds. The molecule has 0 saturated carbocycles. The summed E-state index contributed by atoms with van der Waals surface area (Å²) in [6.07, 6.45) is 1.75. The summed E-state index contributed by atoms with van der Waals surface area (Å²) in [7, 11) is -3.50. The topological polar surface area (TPSA) is 57.6 Å². The SMILES string of the molecule is CC(C)Cc1ccc(S(=O)(=O)N2CCC(C)C2CO)cc1. The first-order chi connectivity index (χ1) is 9.86. The zero-order chi connectivity index (χ0) is 15.6. The van der Waals surface area contributed by atoms with Crippen molar-refractivity contribution in [3.05, 3.63) is 29.8 Å². The molecular formula is C16H25NO3S. The second-order valence-electron chi connectivity index (χ2n) is 6.37. The highest BCUT2D eigenvalue weighted by Gasteiger charge is 2.39. The van der Waals surface area contributed by atoms with Crippen LogP contribution in [0.2, 0.25) is 0 Å². The number of aliphatic hydroxyl groups excluding tert-OH is 1. The average Bonchev–Trinajstić information content (AvgIpc) is 2.80. The van der Waals surface area contributed by atoms with Crippen molar-refractivity contribution in [2.45, 2.75) is 44.6 Å². The minimum Gasteiger partial charge on any atom is -0.395 e. The summed E-state index contributed by atoms with van der Waals surface area (Å²) in [5.41, 5.74) is 1.15. The Morgan fingerprint density at radius 1 is 1.29 bits per heavy atom. The Hall–Kier alpha value is -0.910. The molecule has 21 heavy (non-hydrogen) atoms. The molecule has 2 rings (SSSR count). The van der Waals surface area contributed by atoms with Gasteiger partial charge < -0.3 is 5.11 Å². The van der Waals surface area contributed by atoms with Crippen LogP contribution < -0.4 is 0 Å². The fourth-order valence-electron chi connectivity index (χ4n) is 2.95. The van der Waals surface area contributed by atoms with Crippen molar-refractivity contribution in [1.29, 1.82) is 0 Å². The molecule has 2 unspecified atom stereocenters. The van der Waals surface area contributed by atoms with Crippen LogP contribution >= 0.6 is 0 Å². The van der Waals surface area contributed by atoms with Crippen LogP contribution in [0.15, 0.2) is 29.2 Å². The highest BCUT2D eigenvalue weighted by Crippen LogP contribution is 2.30. The lowest BCUT2D eigenvalue weighted by Gasteiger charge is -2.24. The Labute approximate surface area is 127 Å². The van der Waals surface area contributed by atoms with E-state index in [1.54, 1.807) is 12.1 Å². The predicted molar refractivity (Wildman–Crippen MR) is 83.5 cm³/mol. The van der Waals surface area contributed by atoms with Gasteiger partial charge in [0.2, 0.25) is 10.0 Å². The number of nitrogens with zero attached hydrogens (tertiary/aromatic N) is 1. The molecule has 1 fully saturated rings. The quantitative estimate of drug-likeness (QED) is 0.907. The first-order valence-corrected chi connectivity index (χ1v) is 9.02. The lowest BCUT2D eigenvalue weighted by Crippen LogP contribution is -2.39. The molecule has 2 atom stereocenters. The molecule has 4 nitrogen and oxygen atoms in total. The van der Waals surface area contributed by atoms with E-state index in [-0.39, 0.29) is 18.6 Å². The second-order valence-corrected chi connectivity index (χ2v) is 8.26. The van der Waals surface area contributed by atoms with Gasteiger partial charge in [-0.1, -0.05) is 32.9 Å². The van der Waals surface area contributed by atoms with E-state index < -0.39 is 10.0 Å². The number of hydrogen-bond acceptors (Lipinski definition) is 3. The van der Waals surface area contributed by atoms with Gasteiger partial charge in [-0.05, 0) is 42.4 Å². The Balaban J connectivity index is 2.23. The van der Waals surface area contributed by atoms with E-state index in [1.165, 1.54) is 4.31 Å². The number of rotatable bonds is 5. The minimum absolute atomic E-state index is 0.119.